The summed E-state index contributed by atoms with van der Waals surface area (Å²) in [6.45, 7) is 4.09. The largest absolute Gasteiger partial charge is 0.465 e. The van der Waals surface area contributed by atoms with E-state index >= 15 is 0 Å². The minimum absolute atomic E-state index is 0.244. The van der Waals surface area contributed by atoms with Gasteiger partial charge in [-0.2, -0.15) is 0 Å². The van der Waals surface area contributed by atoms with Crippen molar-refractivity contribution < 1.29 is 9.53 Å². The van der Waals surface area contributed by atoms with Crippen LogP contribution in [0, 0.1) is 6.92 Å². The van der Waals surface area contributed by atoms with Crippen LogP contribution in [0.1, 0.15) is 24.6 Å². The van der Waals surface area contributed by atoms with E-state index in [0.717, 1.165) is 17.7 Å². The number of hydrogen-bond donors (Lipinski definition) is 0. The van der Waals surface area contributed by atoms with E-state index in [1.807, 2.05) is 43.5 Å². The molecule has 0 fully saturated rings. The Morgan fingerprint density at radius 1 is 1.44 bits per heavy atom. The molecule has 1 aliphatic carbocycles. The molecule has 1 heterocycles. The number of carbonyl (C=O) groups is 1. The third kappa shape index (κ3) is 2.35. The van der Waals surface area contributed by atoms with Crippen molar-refractivity contribution >= 4 is 5.97 Å². The van der Waals surface area contributed by atoms with Crippen LogP contribution in [0.5, 0.6) is 0 Å². The molecule has 1 aliphatic rings. The first-order chi connectivity index (χ1) is 8.55. The highest BCUT2D eigenvalue weighted by Crippen LogP contribution is 2.33. The summed E-state index contributed by atoms with van der Waals surface area (Å²) in [4.78, 5) is 16.0. The molecule has 1 aromatic heterocycles. The first-order valence-electron chi connectivity index (χ1n) is 5.96. The Hall–Kier alpha value is -1.90. The second-order valence-electron chi connectivity index (χ2n) is 4.84. The van der Waals surface area contributed by atoms with Crippen molar-refractivity contribution in [2.75, 3.05) is 7.11 Å². The molecule has 0 saturated heterocycles. The molecule has 94 valence electrons. The maximum Gasteiger partial charge on any atom is 0.337 e. The molecule has 18 heavy (non-hydrogen) atoms. The van der Waals surface area contributed by atoms with Gasteiger partial charge in [-0.1, -0.05) is 31.2 Å². The number of allylic oxidation sites excluding steroid dienone is 2. The summed E-state index contributed by atoms with van der Waals surface area (Å²) >= 11 is 0. The van der Waals surface area contributed by atoms with Gasteiger partial charge in [0.25, 0.3) is 0 Å². The molecule has 2 rings (SSSR count). The molecule has 1 aromatic rings. The van der Waals surface area contributed by atoms with E-state index in [9.17, 15) is 4.79 Å². The van der Waals surface area contributed by atoms with Crippen LogP contribution in [0.4, 0.5) is 0 Å². The van der Waals surface area contributed by atoms with Crippen molar-refractivity contribution in [2.24, 2.45) is 0 Å². The molecular formula is C15H17NO2. The number of methoxy groups -OCH3 is 1. The summed E-state index contributed by atoms with van der Waals surface area (Å²) < 4.78 is 4.76. The van der Waals surface area contributed by atoms with E-state index in [0.29, 0.717) is 5.57 Å². The fourth-order valence-electron chi connectivity index (χ4n) is 2.11. The molecule has 1 atom stereocenters. The van der Waals surface area contributed by atoms with Gasteiger partial charge in [0.2, 0.25) is 0 Å². The van der Waals surface area contributed by atoms with Gasteiger partial charge in [0.15, 0.2) is 0 Å². The molecule has 3 heteroatoms. The monoisotopic (exact) mass is 243 g/mol. The van der Waals surface area contributed by atoms with Crippen LogP contribution < -0.4 is 0 Å². The standard InChI is InChI=1S/C15H17NO2/c1-11-6-7-13(16-10-11)15(2)8-4-5-12(9-15)14(17)18-3/h4-7,9-10H,8H2,1-3H3. The van der Waals surface area contributed by atoms with Gasteiger partial charge in [-0.05, 0) is 25.0 Å². The first kappa shape index (κ1) is 12.6. The fourth-order valence-corrected chi connectivity index (χ4v) is 2.11. The third-order valence-electron chi connectivity index (χ3n) is 3.23. The van der Waals surface area contributed by atoms with Crippen molar-refractivity contribution in [2.45, 2.75) is 25.7 Å². The van der Waals surface area contributed by atoms with Crippen molar-refractivity contribution in [1.82, 2.24) is 4.98 Å². The number of nitrogens with zero attached hydrogens (tertiary/aromatic N) is 1. The maximum atomic E-state index is 11.6. The number of esters is 1. The van der Waals surface area contributed by atoms with Crippen LogP contribution in [0.25, 0.3) is 0 Å². The van der Waals surface area contributed by atoms with Crippen molar-refractivity contribution in [3.8, 4) is 0 Å². The van der Waals surface area contributed by atoms with Gasteiger partial charge < -0.3 is 4.74 Å². The molecule has 0 radical (unpaired) electrons. The van der Waals surface area contributed by atoms with Gasteiger partial charge in [-0.3, -0.25) is 4.98 Å². The number of aryl methyl sites for hydroxylation is 1. The summed E-state index contributed by atoms with van der Waals surface area (Å²) in [5.41, 5.74) is 2.45. The summed E-state index contributed by atoms with van der Waals surface area (Å²) in [6, 6.07) is 4.05. The lowest BCUT2D eigenvalue weighted by atomic mass is 9.78. The maximum absolute atomic E-state index is 11.6. The summed E-state index contributed by atoms with van der Waals surface area (Å²) in [7, 11) is 1.40. The molecule has 0 aromatic carbocycles. The van der Waals surface area contributed by atoms with Gasteiger partial charge >= 0.3 is 5.97 Å². The molecular weight excluding hydrogens is 226 g/mol. The van der Waals surface area contributed by atoms with Crippen LogP contribution in [0.2, 0.25) is 0 Å². The highest BCUT2D eigenvalue weighted by Gasteiger charge is 2.28. The smallest absolute Gasteiger partial charge is 0.337 e. The number of ether oxygens (including phenoxy) is 1. The van der Waals surface area contributed by atoms with Crippen LogP contribution >= 0.6 is 0 Å². The van der Waals surface area contributed by atoms with E-state index in [2.05, 4.69) is 11.9 Å². The molecule has 0 saturated carbocycles. The number of carbonyl (C=O) groups excluding carboxylic acids is 1. The molecule has 1 unspecified atom stereocenters. The number of pyridine rings is 1. The average Bonchev–Trinajstić information content (AvgIpc) is 2.38. The Morgan fingerprint density at radius 3 is 2.83 bits per heavy atom. The van der Waals surface area contributed by atoms with E-state index < -0.39 is 0 Å². The number of rotatable bonds is 2. The van der Waals surface area contributed by atoms with Crippen LogP contribution in [0.15, 0.2) is 42.1 Å². The molecule has 0 bridgehead atoms. The lowest BCUT2D eigenvalue weighted by molar-refractivity contribution is -0.135. The topological polar surface area (TPSA) is 39.2 Å². The van der Waals surface area contributed by atoms with Crippen molar-refractivity contribution in [1.29, 1.82) is 0 Å². The Balaban J connectivity index is 2.37. The zero-order valence-corrected chi connectivity index (χ0v) is 10.9. The minimum atomic E-state index is -0.302. The quantitative estimate of drug-likeness (QED) is 0.750. The predicted molar refractivity (Wildman–Crippen MR) is 70.2 cm³/mol. The van der Waals surface area contributed by atoms with Gasteiger partial charge in [0, 0.05) is 11.6 Å². The fraction of sp³-hybridized carbons (Fsp3) is 0.333. The number of hydrogen-bond acceptors (Lipinski definition) is 3. The van der Waals surface area contributed by atoms with Gasteiger partial charge in [0.1, 0.15) is 0 Å². The number of aromatic nitrogens is 1. The van der Waals surface area contributed by atoms with E-state index in [4.69, 9.17) is 4.74 Å². The molecule has 0 amide bonds. The lowest BCUT2D eigenvalue weighted by Crippen LogP contribution is -2.24. The minimum Gasteiger partial charge on any atom is -0.465 e. The Bertz CT molecular complexity index is 514. The van der Waals surface area contributed by atoms with Gasteiger partial charge in [0.05, 0.1) is 18.4 Å². The van der Waals surface area contributed by atoms with Gasteiger partial charge in [-0.25, -0.2) is 4.79 Å². The molecule has 0 N–H and O–H groups in total. The van der Waals surface area contributed by atoms with Gasteiger partial charge in [-0.15, -0.1) is 0 Å². The Kier molecular flexibility index (Phi) is 3.32. The van der Waals surface area contributed by atoms with Crippen LogP contribution in [-0.2, 0) is 14.9 Å². The molecule has 3 nitrogen and oxygen atoms in total. The SMILES string of the molecule is COC(=O)C1=CC(C)(c2ccc(C)cn2)CC=C1. The van der Waals surface area contributed by atoms with Crippen LogP contribution in [0.3, 0.4) is 0 Å². The van der Waals surface area contributed by atoms with Crippen molar-refractivity contribution in [3.05, 3.63) is 53.4 Å². The zero-order chi connectivity index (χ0) is 13.2. The normalized spacial score (nSPS) is 22.5. The third-order valence-corrected chi connectivity index (χ3v) is 3.23. The second kappa shape index (κ2) is 4.77. The van der Waals surface area contributed by atoms with E-state index in [1.165, 1.54) is 7.11 Å². The Labute approximate surface area is 107 Å². The molecule has 0 spiro atoms. The highest BCUT2D eigenvalue weighted by atomic mass is 16.5. The highest BCUT2D eigenvalue weighted by molar-refractivity contribution is 5.92. The average molecular weight is 243 g/mol. The predicted octanol–water partition coefficient (Wildman–Crippen LogP) is 2.71. The summed E-state index contributed by atoms with van der Waals surface area (Å²) in [5, 5.41) is 0. The van der Waals surface area contributed by atoms with Crippen molar-refractivity contribution in [3.63, 3.8) is 0 Å². The Morgan fingerprint density at radius 2 is 2.22 bits per heavy atom. The van der Waals surface area contributed by atoms with Crippen LogP contribution in [-0.4, -0.2) is 18.1 Å². The lowest BCUT2D eigenvalue weighted by Gasteiger charge is -2.27. The first-order valence-corrected chi connectivity index (χ1v) is 5.96. The summed E-state index contributed by atoms with van der Waals surface area (Å²) in [6.07, 6.45) is 8.43. The second-order valence-corrected chi connectivity index (χ2v) is 4.84. The van der Waals surface area contributed by atoms with E-state index in [1.54, 1.807) is 0 Å². The summed E-state index contributed by atoms with van der Waals surface area (Å²) in [5.74, 6) is -0.302. The zero-order valence-electron chi connectivity index (χ0n) is 10.9. The molecule has 0 aliphatic heterocycles. The van der Waals surface area contributed by atoms with E-state index in [-0.39, 0.29) is 11.4 Å².